The lowest BCUT2D eigenvalue weighted by Gasteiger charge is -2.23. The maximum absolute atomic E-state index is 12.3. The van der Waals surface area contributed by atoms with E-state index in [0.717, 1.165) is 23.6 Å². The summed E-state index contributed by atoms with van der Waals surface area (Å²) in [5, 5.41) is 3.34. The first-order chi connectivity index (χ1) is 13.2. The summed E-state index contributed by atoms with van der Waals surface area (Å²) in [6.07, 6.45) is 2.02. The van der Waals surface area contributed by atoms with Crippen LogP contribution in [-0.2, 0) is 35.9 Å². The SMILES string of the molecule is CN=C(NCc1ccccc1CS(=O)(=O)NC(C)C)N(C)Cc1cccn1C.I. The molecular formula is C20H32IN5O2S. The zero-order chi connectivity index (χ0) is 20.7. The van der Waals surface area contributed by atoms with E-state index < -0.39 is 10.0 Å². The summed E-state index contributed by atoms with van der Waals surface area (Å²) in [6.45, 7) is 4.85. The van der Waals surface area contributed by atoms with Crippen LogP contribution in [0.1, 0.15) is 30.7 Å². The number of aryl methyl sites for hydroxylation is 1. The second kappa shape index (κ2) is 11.6. The van der Waals surface area contributed by atoms with Crippen molar-refractivity contribution in [1.29, 1.82) is 0 Å². The van der Waals surface area contributed by atoms with E-state index >= 15 is 0 Å². The lowest BCUT2D eigenvalue weighted by molar-refractivity contribution is 0.461. The Labute approximate surface area is 191 Å². The van der Waals surface area contributed by atoms with E-state index in [-0.39, 0.29) is 35.8 Å². The van der Waals surface area contributed by atoms with Gasteiger partial charge in [-0.05, 0) is 37.1 Å². The second-order valence-electron chi connectivity index (χ2n) is 7.17. The summed E-state index contributed by atoms with van der Waals surface area (Å²) in [5.74, 6) is 0.708. The highest BCUT2D eigenvalue weighted by Crippen LogP contribution is 2.13. The van der Waals surface area contributed by atoms with Crippen molar-refractivity contribution in [2.24, 2.45) is 12.0 Å². The molecule has 29 heavy (non-hydrogen) atoms. The number of nitrogens with one attached hydrogen (secondary N) is 2. The number of guanidine groups is 1. The molecule has 0 spiro atoms. The summed E-state index contributed by atoms with van der Waals surface area (Å²) in [7, 11) is 2.36. The van der Waals surface area contributed by atoms with Crippen molar-refractivity contribution in [2.75, 3.05) is 14.1 Å². The molecule has 7 nitrogen and oxygen atoms in total. The van der Waals surface area contributed by atoms with Crippen LogP contribution in [0.4, 0.5) is 0 Å². The molecule has 2 rings (SSSR count). The molecule has 1 aromatic heterocycles. The molecule has 0 saturated carbocycles. The Bertz CT molecular complexity index is 909. The molecule has 0 aliphatic carbocycles. The van der Waals surface area contributed by atoms with E-state index in [9.17, 15) is 8.42 Å². The fraction of sp³-hybridized carbons (Fsp3) is 0.450. The monoisotopic (exact) mass is 533 g/mol. The number of benzene rings is 1. The molecule has 0 unspecified atom stereocenters. The maximum Gasteiger partial charge on any atom is 0.216 e. The molecular weight excluding hydrogens is 501 g/mol. The van der Waals surface area contributed by atoms with Crippen LogP contribution in [0.2, 0.25) is 0 Å². The van der Waals surface area contributed by atoms with Crippen LogP contribution in [-0.4, -0.2) is 44.0 Å². The van der Waals surface area contributed by atoms with Gasteiger partial charge in [-0.1, -0.05) is 24.3 Å². The quantitative estimate of drug-likeness (QED) is 0.311. The summed E-state index contributed by atoms with van der Waals surface area (Å²) >= 11 is 0. The molecule has 0 aliphatic heterocycles. The summed E-state index contributed by atoms with van der Waals surface area (Å²) in [4.78, 5) is 6.39. The van der Waals surface area contributed by atoms with Gasteiger partial charge in [-0.2, -0.15) is 0 Å². The fourth-order valence-corrected chi connectivity index (χ4v) is 4.51. The highest BCUT2D eigenvalue weighted by atomic mass is 127. The van der Waals surface area contributed by atoms with Gasteiger partial charge < -0.3 is 14.8 Å². The average Bonchev–Trinajstić information content (AvgIpc) is 3.00. The highest BCUT2D eigenvalue weighted by Gasteiger charge is 2.16. The number of aromatic nitrogens is 1. The van der Waals surface area contributed by atoms with Gasteiger partial charge in [-0.3, -0.25) is 4.99 Å². The predicted molar refractivity (Wildman–Crippen MR) is 130 cm³/mol. The molecule has 0 aliphatic rings. The zero-order valence-corrected chi connectivity index (χ0v) is 20.9. The average molecular weight is 533 g/mol. The number of sulfonamides is 1. The van der Waals surface area contributed by atoms with Crippen molar-refractivity contribution in [3.63, 3.8) is 0 Å². The maximum atomic E-state index is 12.3. The van der Waals surface area contributed by atoms with E-state index in [1.807, 2.05) is 69.4 Å². The molecule has 0 fully saturated rings. The molecule has 0 bridgehead atoms. The van der Waals surface area contributed by atoms with E-state index in [4.69, 9.17) is 0 Å². The molecule has 0 radical (unpaired) electrons. The molecule has 2 N–H and O–H groups in total. The Hall–Kier alpha value is -1.59. The number of aliphatic imine (C=N–C) groups is 1. The molecule has 0 saturated heterocycles. The van der Waals surface area contributed by atoms with Gasteiger partial charge in [-0.25, -0.2) is 13.1 Å². The Balaban J connectivity index is 0.00000420. The molecule has 0 amide bonds. The molecule has 9 heteroatoms. The number of hydrogen-bond acceptors (Lipinski definition) is 3. The van der Waals surface area contributed by atoms with Crippen LogP contribution in [0, 0.1) is 0 Å². The van der Waals surface area contributed by atoms with Gasteiger partial charge in [-0.15, -0.1) is 24.0 Å². The van der Waals surface area contributed by atoms with Gasteiger partial charge in [0.2, 0.25) is 10.0 Å². The van der Waals surface area contributed by atoms with Crippen LogP contribution in [0.3, 0.4) is 0 Å². The standard InChI is InChI=1S/C20H31N5O2S.HI/c1-16(2)23-28(26,27)15-18-10-7-6-9-17(18)13-22-20(21-3)25(5)14-19-11-8-12-24(19)4;/h6-12,16,23H,13-15H2,1-5H3,(H,21,22);1H. The number of halogens is 1. The minimum absolute atomic E-state index is 0. The highest BCUT2D eigenvalue weighted by molar-refractivity contribution is 14.0. The number of rotatable bonds is 8. The van der Waals surface area contributed by atoms with E-state index in [1.54, 1.807) is 7.05 Å². The first-order valence-electron chi connectivity index (χ1n) is 9.30. The van der Waals surface area contributed by atoms with Gasteiger partial charge in [0.1, 0.15) is 0 Å². The van der Waals surface area contributed by atoms with Gasteiger partial charge in [0.25, 0.3) is 0 Å². The summed E-state index contributed by atoms with van der Waals surface area (Å²) in [5.41, 5.74) is 2.89. The Kier molecular flexibility index (Phi) is 10.1. The van der Waals surface area contributed by atoms with Gasteiger partial charge in [0.15, 0.2) is 5.96 Å². The predicted octanol–water partition coefficient (Wildman–Crippen LogP) is 2.68. The van der Waals surface area contributed by atoms with Gasteiger partial charge in [0, 0.05) is 45.6 Å². The molecule has 1 aromatic carbocycles. The smallest absolute Gasteiger partial charge is 0.216 e. The summed E-state index contributed by atoms with van der Waals surface area (Å²) in [6, 6.07) is 11.5. The summed E-state index contributed by atoms with van der Waals surface area (Å²) < 4.78 is 29.3. The molecule has 1 heterocycles. The van der Waals surface area contributed by atoms with Crippen molar-refractivity contribution in [2.45, 2.75) is 38.7 Å². The first-order valence-corrected chi connectivity index (χ1v) is 11.0. The lowest BCUT2D eigenvalue weighted by Crippen LogP contribution is -2.38. The van der Waals surface area contributed by atoms with Gasteiger partial charge >= 0.3 is 0 Å². The fourth-order valence-electron chi connectivity index (χ4n) is 3.01. The number of hydrogen-bond donors (Lipinski definition) is 2. The lowest BCUT2D eigenvalue weighted by atomic mass is 10.1. The molecule has 0 atom stereocenters. The van der Waals surface area contributed by atoms with Crippen LogP contribution < -0.4 is 10.0 Å². The Morgan fingerprint density at radius 3 is 2.38 bits per heavy atom. The van der Waals surface area contributed by atoms with Crippen LogP contribution in [0.15, 0.2) is 47.6 Å². The third-order valence-electron chi connectivity index (χ3n) is 4.34. The van der Waals surface area contributed by atoms with Crippen molar-refractivity contribution in [1.82, 2.24) is 19.5 Å². The van der Waals surface area contributed by atoms with Crippen LogP contribution in [0.5, 0.6) is 0 Å². The largest absolute Gasteiger partial charge is 0.353 e. The van der Waals surface area contributed by atoms with Crippen molar-refractivity contribution < 1.29 is 8.42 Å². The zero-order valence-electron chi connectivity index (χ0n) is 17.7. The van der Waals surface area contributed by atoms with E-state index in [1.165, 1.54) is 5.69 Å². The van der Waals surface area contributed by atoms with E-state index in [2.05, 4.69) is 25.7 Å². The normalized spacial score (nSPS) is 12.0. The minimum atomic E-state index is -3.38. The van der Waals surface area contributed by atoms with Crippen LogP contribution >= 0.6 is 24.0 Å². The third-order valence-corrected chi connectivity index (χ3v) is 5.86. The Morgan fingerprint density at radius 1 is 1.17 bits per heavy atom. The topological polar surface area (TPSA) is 78.7 Å². The number of nitrogens with zero attached hydrogens (tertiary/aromatic N) is 3. The third kappa shape index (κ3) is 7.98. The minimum Gasteiger partial charge on any atom is -0.353 e. The van der Waals surface area contributed by atoms with Crippen molar-refractivity contribution in [3.05, 3.63) is 59.4 Å². The van der Waals surface area contributed by atoms with Gasteiger partial charge in [0.05, 0.1) is 12.3 Å². The van der Waals surface area contributed by atoms with Crippen molar-refractivity contribution in [3.8, 4) is 0 Å². The van der Waals surface area contributed by atoms with E-state index in [0.29, 0.717) is 6.54 Å². The Morgan fingerprint density at radius 2 is 1.83 bits per heavy atom. The van der Waals surface area contributed by atoms with Crippen LogP contribution in [0.25, 0.3) is 0 Å². The van der Waals surface area contributed by atoms with Crippen molar-refractivity contribution >= 4 is 40.0 Å². The first kappa shape index (κ1) is 25.4. The molecule has 2 aromatic rings. The second-order valence-corrected chi connectivity index (χ2v) is 8.92. The molecule has 162 valence electrons.